The van der Waals surface area contributed by atoms with Gasteiger partial charge in [-0.3, -0.25) is 9.89 Å². The molecule has 1 aromatic heterocycles. The Labute approximate surface area is 145 Å². The Balaban J connectivity index is 1.65. The van der Waals surface area contributed by atoms with E-state index in [0.29, 0.717) is 23.0 Å². The lowest BCUT2D eigenvalue weighted by molar-refractivity contribution is 0.0946. The third kappa shape index (κ3) is 3.66. The van der Waals surface area contributed by atoms with Crippen molar-refractivity contribution in [2.75, 3.05) is 6.54 Å². The summed E-state index contributed by atoms with van der Waals surface area (Å²) in [6, 6.07) is 19.2. The summed E-state index contributed by atoms with van der Waals surface area (Å²) in [7, 11) is 0. The predicted molar refractivity (Wildman–Crippen MR) is 96.2 cm³/mol. The minimum absolute atomic E-state index is 0.177. The molecule has 0 radical (unpaired) electrons. The van der Waals surface area contributed by atoms with Crippen LogP contribution in [0.25, 0.3) is 11.3 Å². The van der Waals surface area contributed by atoms with Crippen LogP contribution >= 0.6 is 11.6 Å². The van der Waals surface area contributed by atoms with Gasteiger partial charge < -0.3 is 5.32 Å². The number of benzene rings is 2. The molecule has 5 heteroatoms. The molecule has 24 heavy (non-hydrogen) atoms. The summed E-state index contributed by atoms with van der Waals surface area (Å²) in [4.78, 5) is 12.3. The number of rotatable bonds is 5. The molecule has 0 aliphatic rings. The zero-order valence-corrected chi connectivity index (χ0v) is 14.0. The van der Waals surface area contributed by atoms with Gasteiger partial charge in [0.05, 0.1) is 10.7 Å². The van der Waals surface area contributed by atoms with Crippen molar-refractivity contribution in [1.29, 1.82) is 0 Å². The fourth-order valence-electron chi connectivity index (χ4n) is 2.49. The van der Waals surface area contributed by atoms with E-state index in [2.05, 4.69) is 34.6 Å². The maximum Gasteiger partial charge on any atom is 0.269 e. The van der Waals surface area contributed by atoms with Crippen LogP contribution in [0.3, 0.4) is 0 Å². The molecule has 0 aliphatic carbocycles. The first-order valence-electron chi connectivity index (χ1n) is 7.78. The Kier molecular flexibility index (Phi) is 4.96. The van der Waals surface area contributed by atoms with Crippen LogP contribution in [0.1, 0.15) is 28.9 Å². The Morgan fingerprint density at radius 1 is 1.17 bits per heavy atom. The maximum absolute atomic E-state index is 12.3. The van der Waals surface area contributed by atoms with E-state index < -0.39 is 0 Å². The molecular formula is C19H18ClN3O. The summed E-state index contributed by atoms with van der Waals surface area (Å²) < 4.78 is 0. The molecule has 0 unspecified atom stereocenters. The van der Waals surface area contributed by atoms with Gasteiger partial charge in [0.1, 0.15) is 5.69 Å². The molecule has 1 atom stereocenters. The minimum Gasteiger partial charge on any atom is -0.350 e. The van der Waals surface area contributed by atoms with Crippen molar-refractivity contribution in [2.24, 2.45) is 0 Å². The highest BCUT2D eigenvalue weighted by atomic mass is 35.5. The van der Waals surface area contributed by atoms with E-state index in [1.54, 1.807) is 12.1 Å². The molecule has 1 amide bonds. The van der Waals surface area contributed by atoms with Crippen LogP contribution < -0.4 is 5.32 Å². The fourth-order valence-corrected chi connectivity index (χ4v) is 2.72. The Bertz CT molecular complexity index is 829. The number of carbonyl (C=O) groups excluding carboxylic acids is 1. The third-order valence-electron chi connectivity index (χ3n) is 3.91. The lowest BCUT2D eigenvalue weighted by atomic mass is 10.0. The summed E-state index contributed by atoms with van der Waals surface area (Å²) in [6.45, 7) is 2.64. The number of hydrogen-bond donors (Lipinski definition) is 2. The van der Waals surface area contributed by atoms with Crippen molar-refractivity contribution in [3.05, 3.63) is 76.9 Å². The standard InChI is InChI=1S/C19H18ClN3O/c1-13(14-7-3-2-4-8-14)12-21-19(24)18-11-17(22-23-18)15-9-5-6-10-16(15)20/h2-11,13H,12H2,1H3,(H,21,24)(H,22,23)/t13-/m1/s1. The second kappa shape index (κ2) is 7.32. The molecule has 4 nitrogen and oxygen atoms in total. The highest BCUT2D eigenvalue weighted by molar-refractivity contribution is 6.33. The summed E-state index contributed by atoms with van der Waals surface area (Å²) in [5.74, 6) is 0.0599. The molecule has 3 aromatic rings. The topological polar surface area (TPSA) is 57.8 Å². The number of nitrogens with one attached hydrogen (secondary N) is 2. The molecule has 3 rings (SSSR count). The van der Waals surface area contributed by atoms with E-state index in [1.807, 2.05) is 36.4 Å². The fraction of sp³-hybridized carbons (Fsp3) is 0.158. The van der Waals surface area contributed by atoms with E-state index >= 15 is 0 Å². The lowest BCUT2D eigenvalue weighted by Gasteiger charge is -2.12. The maximum atomic E-state index is 12.3. The van der Waals surface area contributed by atoms with Crippen LogP contribution in [0, 0.1) is 0 Å². The van der Waals surface area contributed by atoms with Crippen molar-refractivity contribution in [1.82, 2.24) is 15.5 Å². The largest absolute Gasteiger partial charge is 0.350 e. The number of aromatic amines is 1. The molecule has 0 saturated heterocycles. The zero-order chi connectivity index (χ0) is 16.9. The molecule has 0 bridgehead atoms. The van der Waals surface area contributed by atoms with Crippen molar-refractivity contribution in [3.8, 4) is 11.3 Å². The number of aromatic nitrogens is 2. The Hall–Kier alpha value is -2.59. The van der Waals surface area contributed by atoms with E-state index in [0.717, 1.165) is 5.56 Å². The van der Waals surface area contributed by atoms with E-state index in [4.69, 9.17) is 11.6 Å². The molecule has 0 aliphatic heterocycles. The molecule has 0 saturated carbocycles. The second-order valence-electron chi connectivity index (χ2n) is 5.67. The number of H-pyrrole nitrogens is 1. The first-order valence-corrected chi connectivity index (χ1v) is 8.16. The molecule has 2 N–H and O–H groups in total. The average molecular weight is 340 g/mol. The Morgan fingerprint density at radius 2 is 1.88 bits per heavy atom. The van der Waals surface area contributed by atoms with Crippen LogP contribution in [0.15, 0.2) is 60.7 Å². The molecule has 122 valence electrons. The van der Waals surface area contributed by atoms with E-state index in [-0.39, 0.29) is 11.8 Å². The number of hydrogen-bond acceptors (Lipinski definition) is 2. The quantitative estimate of drug-likeness (QED) is 0.729. The SMILES string of the molecule is C[C@H](CNC(=O)c1cc(-c2ccccc2Cl)n[nH]1)c1ccccc1. The zero-order valence-electron chi connectivity index (χ0n) is 13.3. The van der Waals surface area contributed by atoms with Crippen molar-refractivity contribution in [3.63, 3.8) is 0 Å². The van der Waals surface area contributed by atoms with Crippen LogP contribution in [-0.2, 0) is 0 Å². The lowest BCUT2D eigenvalue weighted by Crippen LogP contribution is -2.27. The van der Waals surface area contributed by atoms with Gasteiger partial charge in [-0.25, -0.2) is 0 Å². The minimum atomic E-state index is -0.177. The number of amides is 1. The predicted octanol–water partition coefficient (Wildman–Crippen LogP) is 4.26. The van der Waals surface area contributed by atoms with Crippen molar-refractivity contribution >= 4 is 17.5 Å². The summed E-state index contributed by atoms with van der Waals surface area (Å²) >= 11 is 6.16. The van der Waals surface area contributed by atoms with E-state index in [1.165, 1.54) is 5.56 Å². The first kappa shape index (κ1) is 16.3. The number of halogens is 1. The van der Waals surface area contributed by atoms with Gasteiger partial charge in [-0.2, -0.15) is 5.10 Å². The first-order chi connectivity index (χ1) is 11.6. The second-order valence-corrected chi connectivity index (χ2v) is 6.08. The molecule has 1 heterocycles. The molecule has 2 aromatic carbocycles. The normalized spacial score (nSPS) is 11.9. The average Bonchev–Trinajstić information content (AvgIpc) is 3.10. The van der Waals surface area contributed by atoms with Gasteiger partial charge in [-0.15, -0.1) is 0 Å². The van der Waals surface area contributed by atoms with Crippen molar-refractivity contribution in [2.45, 2.75) is 12.8 Å². The van der Waals surface area contributed by atoms with Crippen LogP contribution in [-0.4, -0.2) is 22.6 Å². The highest BCUT2D eigenvalue weighted by Gasteiger charge is 2.14. The van der Waals surface area contributed by atoms with Crippen LogP contribution in [0.4, 0.5) is 0 Å². The third-order valence-corrected chi connectivity index (χ3v) is 4.24. The van der Waals surface area contributed by atoms with E-state index in [9.17, 15) is 4.79 Å². The molecule has 0 fully saturated rings. The monoisotopic (exact) mass is 339 g/mol. The smallest absolute Gasteiger partial charge is 0.269 e. The highest BCUT2D eigenvalue weighted by Crippen LogP contribution is 2.26. The van der Waals surface area contributed by atoms with Gasteiger partial charge in [-0.1, -0.05) is 67.1 Å². The summed E-state index contributed by atoms with van der Waals surface area (Å²) in [5.41, 5.74) is 3.07. The molecular weight excluding hydrogens is 322 g/mol. The number of carbonyl (C=O) groups is 1. The van der Waals surface area contributed by atoms with Gasteiger partial charge in [0.2, 0.25) is 0 Å². The van der Waals surface area contributed by atoms with Gasteiger partial charge in [-0.05, 0) is 23.6 Å². The summed E-state index contributed by atoms with van der Waals surface area (Å²) in [6.07, 6.45) is 0. The van der Waals surface area contributed by atoms with Crippen LogP contribution in [0.2, 0.25) is 5.02 Å². The van der Waals surface area contributed by atoms with Gasteiger partial charge >= 0.3 is 0 Å². The summed E-state index contributed by atoms with van der Waals surface area (Å²) in [5, 5.41) is 10.5. The number of nitrogens with zero attached hydrogens (tertiary/aromatic N) is 1. The van der Waals surface area contributed by atoms with Gasteiger partial charge in [0, 0.05) is 12.1 Å². The van der Waals surface area contributed by atoms with Gasteiger partial charge in [0.25, 0.3) is 5.91 Å². The Morgan fingerprint density at radius 3 is 2.62 bits per heavy atom. The van der Waals surface area contributed by atoms with Crippen molar-refractivity contribution < 1.29 is 4.79 Å². The van der Waals surface area contributed by atoms with Gasteiger partial charge in [0.15, 0.2) is 0 Å². The van der Waals surface area contributed by atoms with Crippen LogP contribution in [0.5, 0.6) is 0 Å². The molecule has 0 spiro atoms.